The maximum Gasteiger partial charge on any atom is 0.284 e. The van der Waals surface area contributed by atoms with E-state index in [-0.39, 0.29) is 23.0 Å². The fourth-order valence-corrected chi connectivity index (χ4v) is 5.67. The molecule has 0 spiro atoms. The van der Waals surface area contributed by atoms with Crippen molar-refractivity contribution in [2.24, 2.45) is 0 Å². The van der Waals surface area contributed by atoms with Crippen molar-refractivity contribution in [2.45, 2.75) is 77.4 Å². The normalized spacial score (nSPS) is 19.4. The molecule has 2 atom stereocenters. The summed E-state index contributed by atoms with van der Waals surface area (Å²) in [7, 11) is 0. The summed E-state index contributed by atoms with van der Waals surface area (Å²) < 4.78 is 13.4. The van der Waals surface area contributed by atoms with Gasteiger partial charge in [0.1, 0.15) is 0 Å². The van der Waals surface area contributed by atoms with Gasteiger partial charge in [0.15, 0.2) is 0 Å². The molecule has 6 rings (SSSR count). The second-order valence-corrected chi connectivity index (χ2v) is 12.2. The van der Waals surface area contributed by atoms with E-state index in [2.05, 4.69) is 48.7 Å². The van der Waals surface area contributed by atoms with Crippen LogP contribution in [0.25, 0.3) is 11.3 Å². The minimum atomic E-state index is -0.311. The largest absolute Gasteiger partial charge is 0.418 e. The number of nitrogens with zero attached hydrogens (tertiary/aromatic N) is 7. The molecular weight excluding hydrogens is 532 g/mol. The minimum Gasteiger partial charge on any atom is -0.418 e. The number of ketones is 1. The fourth-order valence-electron chi connectivity index (χ4n) is 5.67. The maximum atomic E-state index is 13.3. The number of aryl methyl sites for hydroxylation is 1. The lowest BCUT2D eigenvalue weighted by molar-refractivity contribution is 0.0931. The Morgan fingerprint density at radius 3 is 2.79 bits per heavy atom. The van der Waals surface area contributed by atoms with E-state index in [1.165, 1.54) is 11.1 Å². The number of aromatic nitrogens is 6. The Bertz CT molecular complexity index is 1550. The molecule has 0 saturated carbocycles. The maximum absolute atomic E-state index is 13.3. The molecule has 0 unspecified atom stereocenters. The van der Waals surface area contributed by atoms with Crippen LogP contribution in [0.1, 0.15) is 80.6 Å². The Labute approximate surface area is 245 Å². The number of benzene rings is 1. The number of carbonyl (C=O) groups excluding carboxylic acids is 1. The molecule has 42 heavy (non-hydrogen) atoms. The van der Waals surface area contributed by atoms with Crippen LogP contribution in [0.2, 0.25) is 0 Å². The van der Waals surface area contributed by atoms with Gasteiger partial charge in [0.05, 0.1) is 24.2 Å². The van der Waals surface area contributed by atoms with Crippen molar-refractivity contribution in [1.29, 1.82) is 0 Å². The topological polar surface area (TPSA) is 124 Å². The molecule has 0 bridgehead atoms. The van der Waals surface area contributed by atoms with Crippen molar-refractivity contribution >= 4 is 17.4 Å². The molecule has 1 N–H and O–H groups in total. The van der Waals surface area contributed by atoms with Crippen molar-refractivity contribution < 1.29 is 13.9 Å². The molecule has 3 aromatic heterocycles. The van der Waals surface area contributed by atoms with Gasteiger partial charge in [-0.1, -0.05) is 32.9 Å². The molecule has 11 nitrogen and oxygen atoms in total. The van der Waals surface area contributed by atoms with Gasteiger partial charge in [0.25, 0.3) is 5.89 Å². The number of nitrogens with one attached hydrogen (secondary N) is 1. The lowest BCUT2D eigenvalue weighted by Crippen LogP contribution is -2.35. The van der Waals surface area contributed by atoms with Crippen molar-refractivity contribution in [1.82, 2.24) is 34.8 Å². The molecule has 11 heteroatoms. The number of hydrogen-bond acceptors (Lipinski definition) is 10. The zero-order valence-corrected chi connectivity index (χ0v) is 24.7. The summed E-state index contributed by atoms with van der Waals surface area (Å²) in [5.74, 6) is 1.00. The first-order chi connectivity index (χ1) is 20.3. The first-order valence-electron chi connectivity index (χ1n) is 14.7. The van der Waals surface area contributed by atoms with Crippen LogP contribution in [0, 0.1) is 0 Å². The molecule has 1 saturated heterocycles. The van der Waals surface area contributed by atoms with Gasteiger partial charge in [-0.05, 0) is 55.5 Å². The number of carbonyl (C=O) groups is 1. The van der Waals surface area contributed by atoms with Gasteiger partial charge in [-0.25, -0.2) is 9.97 Å². The highest BCUT2D eigenvalue weighted by Crippen LogP contribution is 2.36. The van der Waals surface area contributed by atoms with Crippen molar-refractivity contribution in [3.8, 4) is 11.3 Å². The summed E-state index contributed by atoms with van der Waals surface area (Å²) >= 11 is 0. The number of Topliss-reactive ketones (excluding diaryl/α,β-unsaturated/α-hetero) is 1. The zero-order chi connectivity index (χ0) is 29.3. The van der Waals surface area contributed by atoms with E-state index in [1.54, 1.807) is 12.4 Å². The van der Waals surface area contributed by atoms with Crippen LogP contribution in [0.5, 0.6) is 0 Å². The third-order valence-corrected chi connectivity index (χ3v) is 8.04. The summed E-state index contributed by atoms with van der Waals surface area (Å²) in [6, 6.07) is 8.76. The molecule has 5 heterocycles. The van der Waals surface area contributed by atoms with Gasteiger partial charge in [0, 0.05) is 55.5 Å². The van der Waals surface area contributed by atoms with Crippen LogP contribution < -0.4 is 5.32 Å². The van der Waals surface area contributed by atoms with Crippen LogP contribution in [-0.2, 0) is 23.2 Å². The molecule has 0 amide bonds. The first-order valence-corrected chi connectivity index (χ1v) is 14.7. The molecule has 220 valence electrons. The summed E-state index contributed by atoms with van der Waals surface area (Å²) in [6.45, 7) is 12.0. The van der Waals surface area contributed by atoms with Crippen molar-refractivity contribution in [3.63, 3.8) is 0 Å². The number of anilines is 2. The summed E-state index contributed by atoms with van der Waals surface area (Å²) in [4.78, 5) is 25.1. The van der Waals surface area contributed by atoms with E-state index in [0.29, 0.717) is 24.3 Å². The van der Waals surface area contributed by atoms with E-state index in [1.807, 2.05) is 44.6 Å². The lowest BCUT2D eigenvalue weighted by atomic mass is 9.87. The number of fused-ring (bicyclic) bond motifs is 1. The van der Waals surface area contributed by atoms with Crippen molar-refractivity contribution in [3.05, 3.63) is 65.8 Å². The number of rotatable bonds is 8. The van der Waals surface area contributed by atoms with E-state index in [0.717, 1.165) is 62.6 Å². The molecule has 0 aliphatic carbocycles. The van der Waals surface area contributed by atoms with E-state index < -0.39 is 0 Å². The molecule has 4 aromatic rings. The molecule has 2 aliphatic heterocycles. The predicted octanol–water partition coefficient (Wildman–Crippen LogP) is 5.14. The molecule has 2 aliphatic rings. The highest BCUT2D eigenvalue weighted by atomic mass is 16.5. The Kier molecular flexibility index (Phi) is 7.87. The van der Waals surface area contributed by atoms with Gasteiger partial charge in [-0.15, -0.1) is 10.2 Å². The van der Waals surface area contributed by atoms with Crippen LogP contribution in [0.15, 0.2) is 47.3 Å². The van der Waals surface area contributed by atoms with Gasteiger partial charge < -0.3 is 14.5 Å². The van der Waals surface area contributed by atoms with Gasteiger partial charge in [-0.2, -0.15) is 5.10 Å². The second kappa shape index (κ2) is 11.7. The molecule has 1 aromatic carbocycles. The number of ether oxygens (including phenoxy) is 1. The standard InChI is InChI=1S/C31H38N8O3/c1-5-39-18-23(16-33-39)34-30-32-11-8-26(35-30)21-6-7-25-20(15-27(40)28-36-37-29(42-28)31(2,3)4)9-12-38(17-22(25)14-21)24-10-13-41-19-24/h6-8,11,14,16,18,20,24H,5,9-10,12-13,15,17,19H2,1-4H3,(H,32,34,35)/t20-,24-/m0/s1. The quantitative estimate of drug-likeness (QED) is 0.285. The van der Waals surface area contributed by atoms with Gasteiger partial charge in [0.2, 0.25) is 17.6 Å². The Morgan fingerprint density at radius 1 is 1.17 bits per heavy atom. The van der Waals surface area contributed by atoms with E-state index in [4.69, 9.17) is 14.1 Å². The fraction of sp³-hybridized carbons (Fsp3) is 0.484. The lowest BCUT2D eigenvalue weighted by Gasteiger charge is -2.26. The van der Waals surface area contributed by atoms with Crippen LogP contribution in [0.4, 0.5) is 11.6 Å². The third-order valence-electron chi connectivity index (χ3n) is 8.04. The Balaban J connectivity index is 1.28. The van der Waals surface area contributed by atoms with Gasteiger partial charge >= 0.3 is 0 Å². The highest BCUT2D eigenvalue weighted by molar-refractivity contribution is 5.92. The summed E-state index contributed by atoms with van der Waals surface area (Å²) in [5, 5.41) is 15.8. The van der Waals surface area contributed by atoms with E-state index >= 15 is 0 Å². The highest BCUT2D eigenvalue weighted by Gasteiger charge is 2.32. The smallest absolute Gasteiger partial charge is 0.284 e. The van der Waals surface area contributed by atoms with Crippen LogP contribution >= 0.6 is 0 Å². The van der Waals surface area contributed by atoms with Crippen LogP contribution in [-0.4, -0.2) is 66.4 Å². The van der Waals surface area contributed by atoms with Crippen molar-refractivity contribution in [2.75, 3.05) is 25.1 Å². The van der Waals surface area contributed by atoms with Crippen LogP contribution in [0.3, 0.4) is 0 Å². The SMILES string of the molecule is CCn1cc(Nc2nccc(-c3ccc4c(c3)CN([C@H]3CCOC3)CC[C@H]4CC(=O)c3nnc(C(C)(C)C)o3)n2)cn1. The summed E-state index contributed by atoms with van der Waals surface area (Å²) in [5.41, 5.74) is 4.75. The average molecular weight is 571 g/mol. The average Bonchev–Trinajstić information content (AvgIpc) is 3.75. The minimum absolute atomic E-state index is 0.0385. The Hall–Kier alpha value is -3.96. The monoisotopic (exact) mass is 570 g/mol. The third kappa shape index (κ3) is 6.12. The number of hydrogen-bond donors (Lipinski definition) is 1. The predicted molar refractivity (Wildman–Crippen MR) is 158 cm³/mol. The molecule has 0 radical (unpaired) electrons. The van der Waals surface area contributed by atoms with Gasteiger partial charge in [-0.3, -0.25) is 14.4 Å². The zero-order valence-electron chi connectivity index (χ0n) is 24.7. The molecule has 1 fully saturated rings. The first kappa shape index (κ1) is 28.2. The van der Waals surface area contributed by atoms with E-state index in [9.17, 15) is 4.79 Å². The summed E-state index contributed by atoms with van der Waals surface area (Å²) in [6.07, 6.45) is 7.66. The molecular formula is C31H38N8O3. The Morgan fingerprint density at radius 2 is 2.05 bits per heavy atom. The second-order valence-electron chi connectivity index (χ2n) is 12.2.